The van der Waals surface area contributed by atoms with E-state index in [1.807, 2.05) is 4.90 Å². The zero-order chi connectivity index (χ0) is 20.9. The fourth-order valence-corrected chi connectivity index (χ4v) is 6.29. The van der Waals surface area contributed by atoms with Gasteiger partial charge in [-0.2, -0.15) is 0 Å². The number of esters is 1. The van der Waals surface area contributed by atoms with Crippen LogP contribution in [-0.2, 0) is 9.53 Å². The number of hydrogen-bond donors (Lipinski definition) is 0. The van der Waals surface area contributed by atoms with Crippen LogP contribution in [0.25, 0.3) is 0 Å². The summed E-state index contributed by atoms with van der Waals surface area (Å²) in [4.78, 5) is 29.4. The summed E-state index contributed by atoms with van der Waals surface area (Å²) < 4.78 is 11.2. The fraction of sp³-hybridized carbons (Fsp3) is 0.667. The third kappa shape index (κ3) is 3.39. The van der Waals surface area contributed by atoms with E-state index in [0.29, 0.717) is 24.8 Å². The molecule has 162 valence electrons. The molecule has 1 aromatic heterocycles. The van der Waals surface area contributed by atoms with Gasteiger partial charge in [-0.15, -0.1) is 0 Å². The van der Waals surface area contributed by atoms with Crippen LogP contribution in [0.2, 0.25) is 0 Å². The lowest BCUT2D eigenvalue weighted by Gasteiger charge is -2.46. The molecule has 6 heteroatoms. The Morgan fingerprint density at radius 3 is 2.80 bits per heavy atom. The van der Waals surface area contributed by atoms with Crippen molar-refractivity contribution < 1.29 is 18.7 Å². The number of rotatable bonds is 3. The van der Waals surface area contributed by atoms with Gasteiger partial charge in [-0.1, -0.05) is 18.1 Å². The number of allylic oxidation sites excluding steroid dienone is 2. The fourth-order valence-electron chi connectivity index (χ4n) is 6.29. The first-order valence-corrected chi connectivity index (χ1v) is 11.4. The summed E-state index contributed by atoms with van der Waals surface area (Å²) in [5.74, 6) is 0.586. The van der Waals surface area contributed by atoms with Crippen molar-refractivity contribution in [2.75, 3.05) is 32.7 Å². The minimum atomic E-state index is -0.0498. The summed E-state index contributed by atoms with van der Waals surface area (Å²) in [6, 6.07) is 3.45. The number of piperazine rings is 1. The number of hydrogen-bond acceptors (Lipinski definition) is 5. The van der Waals surface area contributed by atoms with E-state index in [1.165, 1.54) is 25.5 Å². The second kappa shape index (κ2) is 7.56. The van der Waals surface area contributed by atoms with E-state index in [2.05, 4.69) is 18.7 Å². The number of nitrogens with zero attached hydrogens (tertiary/aromatic N) is 2. The molecule has 5 rings (SSSR count). The summed E-state index contributed by atoms with van der Waals surface area (Å²) >= 11 is 0. The van der Waals surface area contributed by atoms with Gasteiger partial charge in [-0.3, -0.25) is 14.5 Å². The number of furan rings is 1. The quantitative estimate of drug-likeness (QED) is 0.562. The standard InChI is InChI=1S/C24H32N2O4/c1-16-5-3-7-24(2)14-21-17(13-19(16)24)18(23(28)30-21)15-25-8-10-26(11-9-25)22(27)20-6-4-12-29-20/h4,6,12,17-18,21H,3,5,7-11,13-15H2,1-2H3/t17-,18?,21-,24-/m1/s1. The molecular weight excluding hydrogens is 380 g/mol. The summed E-state index contributed by atoms with van der Waals surface area (Å²) in [6.45, 7) is 8.30. The zero-order valence-corrected chi connectivity index (χ0v) is 18.1. The molecular formula is C24H32N2O4. The van der Waals surface area contributed by atoms with Crippen molar-refractivity contribution in [3.8, 4) is 0 Å². The summed E-state index contributed by atoms with van der Waals surface area (Å²) in [7, 11) is 0. The predicted octanol–water partition coefficient (Wildman–Crippen LogP) is 3.50. The second-order valence-electron chi connectivity index (χ2n) is 9.90. The van der Waals surface area contributed by atoms with Gasteiger partial charge in [0.05, 0.1) is 12.2 Å². The van der Waals surface area contributed by atoms with Crippen molar-refractivity contribution in [3.63, 3.8) is 0 Å². The lowest BCUT2D eigenvalue weighted by Crippen LogP contribution is -2.51. The molecule has 0 bridgehead atoms. The summed E-state index contributed by atoms with van der Waals surface area (Å²) in [5, 5.41) is 0. The molecule has 4 atom stereocenters. The van der Waals surface area contributed by atoms with E-state index in [9.17, 15) is 9.59 Å². The average molecular weight is 413 g/mol. The zero-order valence-electron chi connectivity index (χ0n) is 18.1. The Hall–Kier alpha value is -2.08. The monoisotopic (exact) mass is 412 g/mol. The first-order valence-electron chi connectivity index (χ1n) is 11.4. The third-order valence-corrected chi connectivity index (χ3v) is 8.03. The van der Waals surface area contributed by atoms with Crippen molar-refractivity contribution in [3.05, 3.63) is 35.3 Å². The largest absolute Gasteiger partial charge is 0.462 e. The Kier molecular flexibility index (Phi) is 5.00. The molecule has 4 aliphatic rings. The van der Waals surface area contributed by atoms with Crippen molar-refractivity contribution in [2.45, 2.75) is 52.1 Å². The number of carbonyl (C=O) groups is 2. The minimum Gasteiger partial charge on any atom is -0.462 e. The molecule has 1 unspecified atom stereocenters. The third-order valence-electron chi connectivity index (χ3n) is 8.03. The average Bonchev–Trinajstić information content (AvgIpc) is 3.35. The van der Waals surface area contributed by atoms with E-state index in [-0.39, 0.29) is 29.3 Å². The van der Waals surface area contributed by atoms with E-state index >= 15 is 0 Å². The van der Waals surface area contributed by atoms with Crippen LogP contribution in [0.1, 0.15) is 56.5 Å². The van der Waals surface area contributed by atoms with Gasteiger partial charge >= 0.3 is 5.97 Å². The summed E-state index contributed by atoms with van der Waals surface area (Å²) in [6.07, 6.45) is 7.28. The number of fused-ring (bicyclic) bond motifs is 2. The highest BCUT2D eigenvalue weighted by molar-refractivity contribution is 5.91. The van der Waals surface area contributed by atoms with Gasteiger partial charge < -0.3 is 14.1 Å². The van der Waals surface area contributed by atoms with E-state index < -0.39 is 0 Å². The molecule has 2 aliphatic heterocycles. The number of ether oxygens (including phenoxy) is 1. The highest BCUT2D eigenvalue weighted by Gasteiger charge is 2.53. The van der Waals surface area contributed by atoms with Crippen LogP contribution in [0.5, 0.6) is 0 Å². The van der Waals surface area contributed by atoms with Crippen LogP contribution in [0, 0.1) is 17.3 Å². The Balaban J connectivity index is 1.23. The molecule has 0 N–H and O–H groups in total. The smallest absolute Gasteiger partial charge is 0.310 e. The Morgan fingerprint density at radius 1 is 1.27 bits per heavy atom. The van der Waals surface area contributed by atoms with Crippen molar-refractivity contribution in [1.29, 1.82) is 0 Å². The molecule has 2 saturated heterocycles. The van der Waals surface area contributed by atoms with Crippen LogP contribution >= 0.6 is 0 Å². The SMILES string of the molecule is CC1=C2C[C@@H]3C(CN4CCN(C(=O)c5ccco5)CC4)C(=O)O[C@@H]3C[C@@]2(C)CCC1. The lowest BCUT2D eigenvalue weighted by molar-refractivity contribution is -0.145. The Morgan fingerprint density at radius 2 is 2.07 bits per heavy atom. The van der Waals surface area contributed by atoms with Gasteiger partial charge in [0.1, 0.15) is 6.10 Å². The predicted molar refractivity (Wildman–Crippen MR) is 112 cm³/mol. The van der Waals surface area contributed by atoms with Gasteiger partial charge in [0.25, 0.3) is 5.91 Å². The van der Waals surface area contributed by atoms with E-state index in [1.54, 1.807) is 23.3 Å². The van der Waals surface area contributed by atoms with Crippen LogP contribution in [-0.4, -0.2) is 60.5 Å². The van der Waals surface area contributed by atoms with Crippen LogP contribution in [0.15, 0.2) is 34.0 Å². The Bertz CT molecular complexity index is 853. The van der Waals surface area contributed by atoms with Crippen LogP contribution in [0.3, 0.4) is 0 Å². The highest BCUT2D eigenvalue weighted by atomic mass is 16.6. The van der Waals surface area contributed by atoms with Crippen molar-refractivity contribution in [1.82, 2.24) is 9.80 Å². The molecule has 1 saturated carbocycles. The number of amides is 1. The van der Waals surface area contributed by atoms with Crippen molar-refractivity contribution >= 4 is 11.9 Å². The lowest BCUT2D eigenvalue weighted by atomic mass is 9.59. The van der Waals surface area contributed by atoms with Gasteiger partial charge in [-0.25, -0.2) is 0 Å². The van der Waals surface area contributed by atoms with Crippen LogP contribution < -0.4 is 0 Å². The summed E-state index contributed by atoms with van der Waals surface area (Å²) in [5.41, 5.74) is 3.37. The van der Waals surface area contributed by atoms with E-state index in [0.717, 1.165) is 32.5 Å². The molecule has 6 nitrogen and oxygen atoms in total. The molecule has 2 aliphatic carbocycles. The minimum absolute atomic E-state index is 0.0143. The maximum atomic E-state index is 12.8. The normalized spacial score (nSPS) is 34.5. The molecule has 3 heterocycles. The first kappa shape index (κ1) is 19.9. The first-order chi connectivity index (χ1) is 14.4. The maximum Gasteiger partial charge on any atom is 0.310 e. The molecule has 3 fully saturated rings. The van der Waals surface area contributed by atoms with E-state index in [4.69, 9.17) is 9.15 Å². The maximum absolute atomic E-state index is 12.8. The van der Waals surface area contributed by atoms with Gasteiger partial charge in [0.2, 0.25) is 0 Å². The Labute approximate surface area is 178 Å². The second-order valence-corrected chi connectivity index (χ2v) is 9.90. The molecule has 0 spiro atoms. The highest BCUT2D eigenvalue weighted by Crippen LogP contribution is 2.55. The van der Waals surface area contributed by atoms with Gasteiger partial charge in [-0.05, 0) is 56.6 Å². The van der Waals surface area contributed by atoms with Gasteiger partial charge in [0.15, 0.2) is 5.76 Å². The molecule has 0 aromatic carbocycles. The van der Waals surface area contributed by atoms with Gasteiger partial charge in [0, 0.05) is 38.6 Å². The molecule has 1 amide bonds. The van der Waals surface area contributed by atoms with Crippen molar-refractivity contribution in [2.24, 2.45) is 17.3 Å². The molecule has 30 heavy (non-hydrogen) atoms. The topological polar surface area (TPSA) is 63.0 Å². The molecule has 1 aromatic rings. The molecule has 0 radical (unpaired) electrons. The number of carbonyl (C=O) groups excluding carboxylic acids is 2. The van der Waals surface area contributed by atoms with Crippen LogP contribution in [0.4, 0.5) is 0 Å².